The van der Waals surface area contributed by atoms with Crippen molar-refractivity contribution in [3.8, 4) is 11.5 Å². The lowest BCUT2D eigenvalue weighted by molar-refractivity contribution is 0.102. The molecule has 0 saturated heterocycles. The molecule has 0 unspecified atom stereocenters. The average Bonchev–Trinajstić information content (AvgIpc) is 2.63. The Bertz CT molecular complexity index is 700. The summed E-state index contributed by atoms with van der Waals surface area (Å²) in [5, 5.41) is 2.83. The third-order valence-corrected chi connectivity index (χ3v) is 3.75. The Morgan fingerprint density at radius 3 is 2.42 bits per heavy atom. The van der Waals surface area contributed by atoms with Gasteiger partial charge in [-0.05, 0) is 38.1 Å². The van der Waals surface area contributed by atoms with Crippen molar-refractivity contribution >= 4 is 17.3 Å². The largest absolute Gasteiger partial charge is 0.493 e. The topological polar surface area (TPSA) is 63.7 Å². The Labute approximate surface area is 142 Å². The van der Waals surface area contributed by atoms with Crippen molar-refractivity contribution in [1.29, 1.82) is 0 Å². The minimum Gasteiger partial charge on any atom is -0.493 e. The molecule has 24 heavy (non-hydrogen) atoms. The van der Waals surface area contributed by atoms with Crippen molar-refractivity contribution in [2.24, 2.45) is 0 Å². The summed E-state index contributed by atoms with van der Waals surface area (Å²) in [6.45, 7) is 5.90. The van der Waals surface area contributed by atoms with Crippen LogP contribution in [0.15, 0.2) is 36.5 Å². The number of nitrogens with one attached hydrogen (secondary N) is 1. The van der Waals surface area contributed by atoms with Gasteiger partial charge < -0.3 is 19.7 Å². The standard InChI is InChI=1S/C18H23N3O3/c1-5-21(6-2)14-9-10-19-15(12-14)18(22)20-13-7-8-16(23-3)17(11-13)24-4/h7-12H,5-6H2,1-4H3,(H,20,22). The quantitative estimate of drug-likeness (QED) is 0.845. The van der Waals surface area contributed by atoms with E-state index in [1.807, 2.05) is 6.07 Å². The monoisotopic (exact) mass is 329 g/mol. The third-order valence-electron chi connectivity index (χ3n) is 3.75. The van der Waals surface area contributed by atoms with E-state index in [2.05, 4.69) is 29.0 Å². The maximum Gasteiger partial charge on any atom is 0.274 e. The molecule has 0 radical (unpaired) electrons. The molecule has 0 atom stereocenters. The highest BCUT2D eigenvalue weighted by Crippen LogP contribution is 2.29. The van der Waals surface area contributed by atoms with Crippen molar-refractivity contribution < 1.29 is 14.3 Å². The highest BCUT2D eigenvalue weighted by molar-refractivity contribution is 6.03. The second-order valence-electron chi connectivity index (χ2n) is 5.10. The van der Waals surface area contributed by atoms with Crippen LogP contribution in [0.1, 0.15) is 24.3 Å². The first-order valence-electron chi connectivity index (χ1n) is 7.87. The summed E-state index contributed by atoms with van der Waals surface area (Å²) in [5.74, 6) is 0.897. The van der Waals surface area contributed by atoms with Gasteiger partial charge in [0, 0.05) is 36.7 Å². The number of amides is 1. The number of hydrogen-bond donors (Lipinski definition) is 1. The number of nitrogens with zero attached hydrogens (tertiary/aromatic N) is 2. The Balaban J connectivity index is 2.19. The number of carbonyl (C=O) groups excluding carboxylic acids is 1. The van der Waals surface area contributed by atoms with Gasteiger partial charge >= 0.3 is 0 Å². The third kappa shape index (κ3) is 3.95. The maximum atomic E-state index is 12.5. The van der Waals surface area contributed by atoms with Crippen LogP contribution in [0.4, 0.5) is 11.4 Å². The molecule has 1 aromatic heterocycles. The first-order valence-corrected chi connectivity index (χ1v) is 7.87. The molecule has 1 amide bonds. The molecule has 1 N–H and O–H groups in total. The minimum absolute atomic E-state index is 0.267. The smallest absolute Gasteiger partial charge is 0.274 e. The van der Waals surface area contributed by atoms with Crippen molar-refractivity contribution in [1.82, 2.24) is 4.98 Å². The van der Waals surface area contributed by atoms with Gasteiger partial charge in [-0.25, -0.2) is 0 Å². The van der Waals surface area contributed by atoms with E-state index in [9.17, 15) is 4.79 Å². The van der Waals surface area contributed by atoms with Gasteiger partial charge in [0.1, 0.15) is 5.69 Å². The summed E-state index contributed by atoms with van der Waals surface area (Å²) in [4.78, 5) is 18.8. The van der Waals surface area contributed by atoms with Crippen molar-refractivity contribution in [3.05, 3.63) is 42.2 Å². The molecule has 0 fully saturated rings. The fourth-order valence-corrected chi connectivity index (χ4v) is 2.44. The predicted octanol–water partition coefficient (Wildman–Crippen LogP) is 3.20. The summed E-state index contributed by atoms with van der Waals surface area (Å²) in [6.07, 6.45) is 1.65. The van der Waals surface area contributed by atoms with Crippen molar-refractivity contribution in [2.75, 3.05) is 37.5 Å². The highest BCUT2D eigenvalue weighted by atomic mass is 16.5. The van der Waals surface area contributed by atoms with Gasteiger partial charge in [-0.2, -0.15) is 0 Å². The van der Waals surface area contributed by atoms with Gasteiger partial charge in [0.05, 0.1) is 14.2 Å². The lowest BCUT2D eigenvalue weighted by Crippen LogP contribution is -2.23. The number of carbonyl (C=O) groups is 1. The summed E-state index contributed by atoms with van der Waals surface area (Å²) < 4.78 is 10.4. The number of benzene rings is 1. The summed E-state index contributed by atoms with van der Waals surface area (Å²) >= 11 is 0. The Kier molecular flexibility index (Phi) is 6.01. The summed E-state index contributed by atoms with van der Waals surface area (Å²) in [6, 6.07) is 8.91. The van der Waals surface area contributed by atoms with Crippen LogP contribution in [0, 0.1) is 0 Å². The Morgan fingerprint density at radius 2 is 1.79 bits per heavy atom. The van der Waals surface area contributed by atoms with Gasteiger partial charge in [-0.3, -0.25) is 9.78 Å². The van der Waals surface area contributed by atoms with E-state index in [4.69, 9.17) is 9.47 Å². The van der Waals surface area contributed by atoms with Crippen LogP contribution in [0.25, 0.3) is 0 Å². The number of ether oxygens (including phenoxy) is 2. The molecule has 6 nitrogen and oxygen atoms in total. The second-order valence-corrected chi connectivity index (χ2v) is 5.10. The van der Waals surface area contributed by atoms with Gasteiger partial charge in [0.25, 0.3) is 5.91 Å². The van der Waals surface area contributed by atoms with Crippen LogP contribution in [-0.2, 0) is 0 Å². The molecule has 0 aliphatic rings. The second kappa shape index (κ2) is 8.19. The zero-order valence-corrected chi connectivity index (χ0v) is 14.5. The molecule has 128 valence electrons. The fourth-order valence-electron chi connectivity index (χ4n) is 2.44. The first kappa shape index (κ1) is 17.6. The minimum atomic E-state index is -0.267. The molecule has 2 aromatic rings. The van der Waals surface area contributed by atoms with Gasteiger partial charge in [-0.1, -0.05) is 0 Å². The number of hydrogen-bond acceptors (Lipinski definition) is 5. The molecule has 0 saturated carbocycles. The number of methoxy groups -OCH3 is 2. The Hall–Kier alpha value is -2.76. The molecular weight excluding hydrogens is 306 g/mol. The summed E-state index contributed by atoms with van der Waals surface area (Å²) in [7, 11) is 3.12. The fraction of sp³-hybridized carbons (Fsp3) is 0.333. The lowest BCUT2D eigenvalue weighted by Gasteiger charge is -2.21. The van der Waals surface area contributed by atoms with Crippen LogP contribution < -0.4 is 19.7 Å². The van der Waals surface area contributed by atoms with E-state index in [0.29, 0.717) is 22.9 Å². The zero-order chi connectivity index (χ0) is 17.5. The number of aromatic nitrogens is 1. The van der Waals surface area contributed by atoms with Gasteiger partial charge in [0.2, 0.25) is 0 Å². The van der Waals surface area contributed by atoms with Crippen LogP contribution in [0.3, 0.4) is 0 Å². The number of anilines is 2. The number of rotatable bonds is 7. The van der Waals surface area contributed by atoms with E-state index < -0.39 is 0 Å². The van der Waals surface area contributed by atoms with E-state index in [-0.39, 0.29) is 5.91 Å². The molecule has 0 aliphatic heterocycles. The molecule has 0 bridgehead atoms. The van der Waals surface area contributed by atoms with Gasteiger partial charge in [-0.15, -0.1) is 0 Å². The molecule has 6 heteroatoms. The van der Waals surface area contributed by atoms with Crippen LogP contribution >= 0.6 is 0 Å². The molecule has 2 rings (SSSR count). The van der Waals surface area contributed by atoms with Crippen molar-refractivity contribution in [2.45, 2.75) is 13.8 Å². The van der Waals surface area contributed by atoms with E-state index in [1.54, 1.807) is 44.7 Å². The zero-order valence-electron chi connectivity index (χ0n) is 14.5. The summed E-state index contributed by atoms with van der Waals surface area (Å²) in [5.41, 5.74) is 1.97. The van der Waals surface area contributed by atoms with Crippen LogP contribution in [-0.4, -0.2) is 38.2 Å². The first-order chi connectivity index (χ1) is 11.6. The Morgan fingerprint density at radius 1 is 1.08 bits per heavy atom. The number of pyridine rings is 1. The van der Waals surface area contributed by atoms with Crippen LogP contribution in [0.2, 0.25) is 0 Å². The predicted molar refractivity (Wildman–Crippen MR) is 95.3 cm³/mol. The molecule has 1 heterocycles. The van der Waals surface area contributed by atoms with E-state index in [1.165, 1.54) is 0 Å². The SMILES string of the molecule is CCN(CC)c1ccnc(C(=O)Nc2ccc(OC)c(OC)c2)c1. The normalized spacial score (nSPS) is 10.2. The lowest BCUT2D eigenvalue weighted by atomic mass is 10.2. The maximum absolute atomic E-state index is 12.5. The van der Waals surface area contributed by atoms with Crippen molar-refractivity contribution in [3.63, 3.8) is 0 Å². The van der Waals surface area contributed by atoms with Gasteiger partial charge in [0.15, 0.2) is 11.5 Å². The average molecular weight is 329 g/mol. The molecule has 0 aliphatic carbocycles. The molecular formula is C18H23N3O3. The molecule has 0 spiro atoms. The molecule has 1 aromatic carbocycles. The highest BCUT2D eigenvalue weighted by Gasteiger charge is 2.12. The van der Waals surface area contributed by atoms with Crippen LogP contribution in [0.5, 0.6) is 11.5 Å². The van der Waals surface area contributed by atoms with E-state index >= 15 is 0 Å². The van der Waals surface area contributed by atoms with E-state index in [0.717, 1.165) is 18.8 Å².